The van der Waals surface area contributed by atoms with Gasteiger partial charge in [0.1, 0.15) is 5.78 Å². The average molecular weight is 500 g/mol. The molecule has 9 nitrogen and oxygen atoms in total. The smallest absolute Gasteiger partial charge is 0.233 e. The molecule has 0 spiro atoms. The standard InChI is InChI=1S/C26H38FN7O2/c1-18(35)22(34-14-6-7-15-34)12-13-28-24-31-25(29-17-19-8-4-3-5-9-19)33-26(32-24)30-20-10-11-23(36-2)21(27)16-20/h10-11,16,19,22H,3-9,12-15,17H2,1-2H3,(H3,28,29,30,31,32,33). The predicted molar refractivity (Wildman–Crippen MR) is 140 cm³/mol. The molecule has 0 amide bonds. The van der Waals surface area contributed by atoms with E-state index in [1.54, 1.807) is 19.1 Å². The van der Waals surface area contributed by atoms with E-state index < -0.39 is 5.82 Å². The number of ketones is 1. The number of benzene rings is 1. The summed E-state index contributed by atoms with van der Waals surface area (Å²) in [6.07, 6.45) is 9.22. The molecule has 1 aromatic heterocycles. The minimum Gasteiger partial charge on any atom is -0.494 e. The van der Waals surface area contributed by atoms with Crippen molar-refractivity contribution in [2.75, 3.05) is 49.2 Å². The molecule has 2 heterocycles. The van der Waals surface area contributed by atoms with Gasteiger partial charge in [0.15, 0.2) is 11.6 Å². The summed E-state index contributed by atoms with van der Waals surface area (Å²) >= 11 is 0. The molecular weight excluding hydrogens is 461 g/mol. The molecule has 1 atom stereocenters. The Morgan fingerprint density at radius 1 is 1.06 bits per heavy atom. The number of hydrogen-bond acceptors (Lipinski definition) is 9. The van der Waals surface area contributed by atoms with Gasteiger partial charge in [0, 0.05) is 24.8 Å². The Hall–Kier alpha value is -3.01. The van der Waals surface area contributed by atoms with Gasteiger partial charge in [-0.15, -0.1) is 0 Å². The van der Waals surface area contributed by atoms with E-state index >= 15 is 0 Å². The van der Waals surface area contributed by atoms with Gasteiger partial charge >= 0.3 is 0 Å². The van der Waals surface area contributed by atoms with E-state index in [4.69, 9.17) is 4.74 Å². The van der Waals surface area contributed by atoms with Crippen LogP contribution in [-0.2, 0) is 4.79 Å². The first-order chi connectivity index (χ1) is 17.5. The van der Waals surface area contributed by atoms with Crippen LogP contribution in [0, 0.1) is 11.7 Å². The van der Waals surface area contributed by atoms with Gasteiger partial charge < -0.3 is 20.7 Å². The third kappa shape index (κ3) is 7.25. The second-order valence-corrected chi connectivity index (χ2v) is 9.75. The van der Waals surface area contributed by atoms with E-state index in [1.807, 2.05) is 0 Å². The van der Waals surface area contributed by atoms with Crippen molar-refractivity contribution in [3.8, 4) is 5.75 Å². The van der Waals surface area contributed by atoms with Gasteiger partial charge in [-0.2, -0.15) is 15.0 Å². The normalized spacial score (nSPS) is 17.5. The summed E-state index contributed by atoms with van der Waals surface area (Å²) in [6, 6.07) is 4.52. The number of nitrogens with zero attached hydrogens (tertiary/aromatic N) is 4. The van der Waals surface area contributed by atoms with E-state index in [-0.39, 0.29) is 17.6 Å². The van der Waals surface area contributed by atoms with Crippen molar-refractivity contribution in [2.45, 2.75) is 64.3 Å². The lowest BCUT2D eigenvalue weighted by Gasteiger charge is -2.25. The van der Waals surface area contributed by atoms with Gasteiger partial charge in [-0.1, -0.05) is 19.3 Å². The zero-order chi connectivity index (χ0) is 25.3. The zero-order valence-corrected chi connectivity index (χ0v) is 21.4. The van der Waals surface area contributed by atoms with Gasteiger partial charge in [0.2, 0.25) is 17.8 Å². The number of hydrogen-bond donors (Lipinski definition) is 3. The van der Waals surface area contributed by atoms with Gasteiger partial charge in [-0.05, 0) is 70.2 Å². The highest BCUT2D eigenvalue weighted by Crippen LogP contribution is 2.25. The van der Waals surface area contributed by atoms with Crippen molar-refractivity contribution in [1.82, 2.24) is 19.9 Å². The number of Topliss-reactive ketones (excluding diaryl/α,β-unsaturated/α-hetero) is 1. The maximum atomic E-state index is 14.2. The Bertz CT molecular complexity index is 1010. The highest BCUT2D eigenvalue weighted by molar-refractivity contribution is 5.81. The maximum Gasteiger partial charge on any atom is 0.233 e. The Morgan fingerprint density at radius 2 is 1.75 bits per heavy atom. The lowest BCUT2D eigenvalue weighted by atomic mass is 9.89. The van der Waals surface area contributed by atoms with Crippen LogP contribution in [0.4, 0.5) is 27.9 Å². The molecule has 36 heavy (non-hydrogen) atoms. The fourth-order valence-electron chi connectivity index (χ4n) is 5.11. The summed E-state index contributed by atoms with van der Waals surface area (Å²) in [6.45, 7) is 4.97. The summed E-state index contributed by atoms with van der Waals surface area (Å²) in [4.78, 5) is 28.1. The summed E-state index contributed by atoms with van der Waals surface area (Å²) in [5.74, 6) is 1.69. The molecule has 10 heteroatoms. The average Bonchev–Trinajstić information content (AvgIpc) is 3.40. The Kier molecular flexibility index (Phi) is 9.27. The third-order valence-corrected chi connectivity index (χ3v) is 7.07. The Balaban J connectivity index is 1.45. The molecule has 0 bridgehead atoms. The topological polar surface area (TPSA) is 104 Å². The molecule has 1 aliphatic heterocycles. The number of carbonyl (C=O) groups is 1. The molecule has 1 aromatic carbocycles. The molecule has 2 fully saturated rings. The Labute approximate surface area is 212 Å². The SMILES string of the molecule is COc1ccc(Nc2nc(NCCC(C(C)=O)N3CCCC3)nc(NCC3CCCCC3)n2)cc1F. The van der Waals surface area contributed by atoms with Crippen LogP contribution >= 0.6 is 0 Å². The predicted octanol–water partition coefficient (Wildman–Crippen LogP) is 4.61. The maximum absolute atomic E-state index is 14.2. The zero-order valence-electron chi connectivity index (χ0n) is 21.4. The van der Waals surface area contributed by atoms with E-state index in [0.29, 0.717) is 42.4 Å². The van der Waals surface area contributed by atoms with E-state index in [0.717, 1.165) is 32.5 Å². The van der Waals surface area contributed by atoms with Crippen molar-refractivity contribution in [2.24, 2.45) is 5.92 Å². The molecule has 2 aromatic rings. The monoisotopic (exact) mass is 499 g/mol. The number of likely N-dealkylation sites (tertiary alicyclic amines) is 1. The fourth-order valence-corrected chi connectivity index (χ4v) is 5.11. The lowest BCUT2D eigenvalue weighted by Crippen LogP contribution is -2.39. The van der Waals surface area contributed by atoms with Crippen LogP contribution in [0.1, 0.15) is 58.3 Å². The van der Waals surface area contributed by atoms with Crippen LogP contribution in [0.2, 0.25) is 0 Å². The minimum atomic E-state index is -0.470. The first kappa shape index (κ1) is 26.1. The number of halogens is 1. The quantitative estimate of drug-likeness (QED) is 0.386. The van der Waals surface area contributed by atoms with Crippen LogP contribution in [0.3, 0.4) is 0 Å². The van der Waals surface area contributed by atoms with Gasteiger partial charge in [0.05, 0.1) is 13.2 Å². The van der Waals surface area contributed by atoms with E-state index in [9.17, 15) is 9.18 Å². The number of carbonyl (C=O) groups excluding carboxylic acids is 1. The lowest BCUT2D eigenvalue weighted by molar-refractivity contribution is -0.121. The molecule has 2 aliphatic rings. The van der Waals surface area contributed by atoms with Crippen molar-refractivity contribution in [1.29, 1.82) is 0 Å². The molecule has 1 saturated heterocycles. The molecule has 196 valence electrons. The number of ether oxygens (including phenoxy) is 1. The first-order valence-corrected chi connectivity index (χ1v) is 13.1. The molecule has 4 rings (SSSR count). The van der Waals surface area contributed by atoms with Crippen molar-refractivity contribution < 1.29 is 13.9 Å². The number of aromatic nitrogens is 3. The minimum absolute atomic E-state index is 0.0920. The summed E-state index contributed by atoms with van der Waals surface area (Å²) in [5, 5.41) is 9.72. The van der Waals surface area contributed by atoms with Crippen molar-refractivity contribution >= 4 is 29.3 Å². The number of methoxy groups -OCH3 is 1. The van der Waals surface area contributed by atoms with Crippen LogP contribution in [-0.4, -0.2) is 65.0 Å². The molecule has 3 N–H and O–H groups in total. The van der Waals surface area contributed by atoms with E-state index in [1.165, 1.54) is 45.3 Å². The van der Waals surface area contributed by atoms with Crippen LogP contribution in [0.15, 0.2) is 18.2 Å². The van der Waals surface area contributed by atoms with Crippen molar-refractivity contribution in [3.05, 3.63) is 24.0 Å². The molecule has 1 saturated carbocycles. The number of anilines is 4. The first-order valence-electron chi connectivity index (χ1n) is 13.1. The van der Waals surface area contributed by atoms with Crippen LogP contribution in [0.25, 0.3) is 0 Å². The Morgan fingerprint density at radius 3 is 2.42 bits per heavy atom. The van der Waals surface area contributed by atoms with E-state index in [2.05, 4.69) is 35.8 Å². The highest BCUT2D eigenvalue weighted by atomic mass is 19.1. The number of nitrogens with one attached hydrogen (secondary N) is 3. The van der Waals surface area contributed by atoms with Crippen LogP contribution in [0.5, 0.6) is 5.75 Å². The summed E-state index contributed by atoms with van der Waals surface area (Å²) in [7, 11) is 1.43. The third-order valence-electron chi connectivity index (χ3n) is 7.07. The second-order valence-electron chi connectivity index (χ2n) is 9.75. The van der Waals surface area contributed by atoms with Gasteiger partial charge in [-0.3, -0.25) is 9.69 Å². The molecular formula is C26H38FN7O2. The van der Waals surface area contributed by atoms with Gasteiger partial charge in [-0.25, -0.2) is 4.39 Å². The summed E-state index contributed by atoms with van der Waals surface area (Å²) < 4.78 is 19.2. The summed E-state index contributed by atoms with van der Waals surface area (Å²) in [5.41, 5.74) is 0.509. The molecule has 1 unspecified atom stereocenters. The molecule has 1 aliphatic carbocycles. The number of rotatable bonds is 12. The fraction of sp³-hybridized carbons (Fsp3) is 0.615. The van der Waals surface area contributed by atoms with Gasteiger partial charge in [0.25, 0.3) is 0 Å². The largest absolute Gasteiger partial charge is 0.494 e. The van der Waals surface area contributed by atoms with Crippen molar-refractivity contribution in [3.63, 3.8) is 0 Å². The highest BCUT2D eigenvalue weighted by Gasteiger charge is 2.25. The van der Waals surface area contributed by atoms with Crippen LogP contribution < -0.4 is 20.7 Å². The second kappa shape index (κ2) is 12.8. The molecule has 0 radical (unpaired) electrons.